The average molecular weight is 168 g/mol. The van der Waals surface area contributed by atoms with E-state index in [9.17, 15) is 4.79 Å². The summed E-state index contributed by atoms with van der Waals surface area (Å²) >= 11 is 0. The van der Waals surface area contributed by atoms with Crippen molar-refractivity contribution in [3.63, 3.8) is 0 Å². The number of hydrogen-bond donors (Lipinski definition) is 0. The van der Waals surface area contributed by atoms with Gasteiger partial charge < -0.3 is 4.74 Å². The van der Waals surface area contributed by atoms with E-state index in [-0.39, 0.29) is 11.9 Å². The highest BCUT2D eigenvalue weighted by molar-refractivity contribution is 5.73. The highest BCUT2D eigenvalue weighted by Gasteiger charge is 2.41. The molecule has 0 unspecified atom stereocenters. The number of esters is 1. The lowest BCUT2D eigenvalue weighted by atomic mass is 9.87. The second kappa shape index (κ2) is 3.08. The molecule has 2 fully saturated rings. The Morgan fingerprint density at radius 3 is 2.83 bits per heavy atom. The predicted molar refractivity (Wildman–Crippen MR) is 45.6 cm³/mol. The van der Waals surface area contributed by atoms with Crippen molar-refractivity contribution in [1.82, 2.24) is 0 Å². The quantitative estimate of drug-likeness (QED) is 0.560. The van der Waals surface area contributed by atoms with Crippen molar-refractivity contribution in [2.24, 2.45) is 17.8 Å². The maximum atomic E-state index is 11.3. The Morgan fingerprint density at radius 1 is 1.33 bits per heavy atom. The Kier molecular flexibility index (Phi) is 2.07. The minimum absolute atomic E-state index is 0.0319. The van der Waals surface area contributed by atoms with Crippen LogP contribution in [0.25, 0.3) is 0 Å². The van der Waals surface area contributed by atoms with Crippen molar-refractivity contribution in [1.29, 1.82) is 0 Å². The Labute approximate surface area is 73.3 Å². The normalized spacial score (nSPS) is 39.6. The Balaban J connectivity index is 2.04. The lowest BCUT2D eigenvalue weighted by molar-refractivity contribution is -0.146. The average Bonchev–Trinajstić information content (AvgIpc) is 2.40. The zero-order valence-corrected chi connectivity index (χ0v) is 7.58. The van der Waals surface area contributed by atoms with Gasteiger partial charge in [-0.3, -0.25) is 4.79 Å². The molecule has 0 N–H and O–H groups in total. The van der Waals surface area contributed by atoms with Crippen LogP contribution in [0.1, 0.15) is 32.1 Å². The Morgan fingerprint density at radius 2 is 2.17 bits per heavy atom. The predicted octanol–water partition coefficient (Wildman–Crippen LogP) is 1.99. The highest BCUT2D eigenvalue weighted by Crippen LogP contribution is 2.46. The highest BCUT2D eigenvalue weighted by atomic mass is 16.5. The molecule has 0 aromatic rings. The van der Waals surface area contributed by atoms with E-state index in [1.54, 1.807) is 0 Å². The number of hydrogen-bond acceptors (Lipinski definition) is 2. The van der Waals surface area contributed by atoms with Crippen molar-refractivity contribution in [2.75, 3.05) is 7.11 Å². The van der Waals surface area contributed by atoms with Crippen molar-refractivity contribution in [2.45, 2.75) is 32.1 Å². The van der Waals surface area contributed by atoms with Crippen LogP contribution < -0.4 is 0 Å². The van der Waals surface area contributed by atoms with Crippen LogP contribution in [0.2, 0.25) is 0 Å². The van der Waals surface area contributed by atoms with E-state index in [0.717, 1.165) is 12.3 Å². The second-order valence-corrected chi connectivity index (χ2v) is 4.16. The third kappa shape index (κ3) is 1.23. The van der Waals surface area contributed by atoms with E-state index in [0.29, 0.717) is 5.92 Å². The summed E-state index contributed by atoms with van der Waals surface area (Å²) in [4.78, 5) is 11.3. The van der Waals surface area contributed by atoms with Gasteiger partial charge in [0.05, 0.1) is 13.0 Å². The number of rotatable bonds is 1. The summed E-state index contributed by atoms with van der Waals surface area (Å²) in [6.07, 6.45) is 6.28. The summed E-state index contributed by atoms with van der Waals surface area (Å²) in [5, 5.41) is 0. The van der Waals surface area contributed by atoms with Crippen LogP contribution in [0, 0.1) is 17.8 Å². The van der Waals surface area contributed by atoms with Crippen molar-refractivity contribution in [3.05, 3.63) is 0 Å². The fraction of sp³-hybridized carbons (Fsp3) is 0.900. The summed E-state index contributed by atoms with van der Waals surface area (Å²) in [5.41, 5.74) is 0. The third-order valence-corrected chi connectivity index (χ3v) is 3.48. The molecule has 2 heteroatoms. The number of fused-ring (bicyclic) bond motifs is 2. The summed E-state index contributed by atoms with van der Waals surface area (Å²) in [5.74, 6) is 1.75. The third-order valence-electron chi connectivity index (χ3n) is 3.48. The fourth-order valence-corrected chi connectivity index (χ4v) is 2.90. The molecule has 68 valence electrons. The number of carbonyl (C=O) groups is 1. The first-order chi connectivity index (χ1) is 5.81. The molecule has 12 heavy (non-hydrogen) atoms. The van der Waals surface area contributed by atoms with Gasteiger partial charge in [-0.15, -0.1) is 0 Å². The van der Waals surface area contributed by atoms with Gasteiger partial charge in [0, 0.05) is 0 Å². The monoisotopic (exact) mass is 168 g/mol. The molecule has 2 saturated carbocycles. The fourth-order valence-electron chi connectivity index (χ4n) is 2.90. The van der Waals surface area contributed by atoms with E-state index in [1.165, 1.54) is 32.8 Å². The first-order valence-corrected chi connectivity index (χ1v) is 4.89. The number of methoxy groups -OCH3 is 1. The number of ether oxygens (including phenoxy) is 1. The lowest BCUT2D eigenvalue weighted by Crippen LogP contribution is -2.19. The maximum Gasteiger partial charge on any atom is 0.308 e. The SMILES string of the molecule is COC(=O)[C@H]1C[C@H]2CCC[C@H]1C2. The van der Waals surface area contributed by atoms with Gasteiger partial charge in [-0.25, -0.2) is 0 Å². The van der Waals surface area contributed by atoms with Crippen LogP contribution in [-0.4, -0.2) is 13.1 Å². The largest absolute Gasteiger partial charge is 0.469 e. The molecule has 0 aromatic carbocycles. The first kappa shape index (κ1) is 8.09. The van der Waals surface area contributed by atoms with Gasteiger partial charge in [-0.2, -0.15) is 0 Å². The van der Waals surface area contributed by atoms with E-state index < -0.39 is 0 Å². The number of carbonyl (C=O) groups excluding carboxylic acids is 1. The second-order valence-electron chi connectivity index (χ2n) is 4.16. The van der Waals surface area contributed by atoms with Gasteiger partial charge in [-0.1, -0.05) is 12.8 Å². The van der Waals surface area contributed by atoms with Gasteiger partial charge in [0.1, 0.15) is 0 Å². The van der Waals surface area contributed by atoms with E-state index in [2.05, 4.69) is 0 Å². The van der Waals surface area contributed by atoms with Crippen molar-refractivity contribution in [3.8, 4) is 0 Å². The molecule has 2 bridgehead atoms. The minimum Gasteiger partial charge on any atom is -0.469 e. The van der Waals surface area contributed by atoms with Crippen LogP contribution in [0.5, 0.6) is 0 Å². The van der Waals surface area contributed by atoms with Crippen molar-refractivity contribution < 1.29 is 9.53 Å². The maximum absolute atomic E-state index is 11.3. The Hall–Kier alpha value is -0.530. The van der Waals surface area contributed by atoms with Gasteiger partial charge in [0.15, 0.2) is 0 Å². The zero-order chi connectivity index (χ0) is 8.55. The van der Waals surface area contributed by atoms with Crippen LogP contribution in [-0.2, 0) is 9.53 Å². The smallest absolute Gasteiger partial charge is 0.308 e. The summed E-state index contributed by atoms with van der Waals surface area (Å²) < 4.78 is 4.80. The van der Waals surface area contributed by atoms with Gasteiger partial charge in [0.2, 0.25) is 0 Å². The molecule has 0 saturated heterocycles. The van der Waals surface area contributed by atoms with Crippen LogP contribution in [0.3, 0.4) is 0 Å². The molecule has 2 aliphatic carbocycles. The summed E-state index contributed by atoms with van der Waals surface area (Å²) in [6.45, 7) is 0. The molecular formula is C10H16O2. The van der Waals surface area contributed by atoms with Gasteiger partial charge in [0.25, 0.3) is 0 Å². The van der Waals surface area contributed by atoms with E-state index in [4.69, 9.17) is 4.74 Å². The van der Waals surface area contributed by atoms with Crippen LogP contribution >= 0.6 is 0 Å². The molecule has 3 atom stereocenters. The molecule has 2 rings (SSSR count). The molecule has 0 radical (unpaired) electrons. The van der Waals surface area contributed by atoms with Crippen molar-refractivity contribution >= 4 is 5.97 Å². The molecule has 2 aliphatic rings. The molecule has 2 nitrogen and oxygen atoms in total. The summed E-state index contributed by atoms with van der Waals surface area (Å²) in [7, 11) is 1.50. The van der Waals surface area contributed by atoms with Crippen LogP contribution in [0.15, 0.2) is 0 Å². The molecule has 0 amide bonds. The molecule has 0 spiro atoms. The standard InChI is InChI=1S/C10H16O2/c1-12-10(11)9-6-7-3-2-4-8(9)5-7/h7-9H,2-6H2,1H3/t7-,8-,9-/m0/s1. The zero-order valence-electron chi connectivity index (χ0n) is 7.58. The first-order valence-electron chi connectivity index (χ1n) is 4.89. The van der Waals surface area contributed by atoms with E-state index in [1.807, 2.05) is 0 Å². The Bertz CT molecular complexity index is 188. The van der Waals surface area contributed by atoms with Crippen LogP contribution in [0.4, 0.5) is 0 Å². The van der Waals surface area contributed by atoms with E-state index >= 15 is 0 Å². The topological polar surface area (TPSA) is 26.3 Å². The molecular weight excluding hydrogens is 152 g/mol. The molecule has 0 heterocycles. The summed E-state index contributed by atoms with van der Waals surface area (Å²) in [6, 6.07) is 0. The molecule has 0 aromatic heterocycles. The molecule has 0 aliphatic heterocycles. The lowest BCUT2D eigenvalue weighted by Gasteiger charge is -2.19. The van der Waals surface area contributed by atoms with Gasteiger partial charge in [-0.05, 0) is 31.1 Å². The van der Waals surface area contributed by atoms with Gasteiger partial charge >= 0.3 is 5.97 Å². The minimum atomic E-state index is 0.0319.